The predicted molar refractivity (Wildman–Crippen MR) is 121 cm³/mol. The molecule has 3 rings (SSSR count). The van der Waals surface area contributed by atoms with Crippen LogP contribution in [0, 0.1) is 13.8 Å². The van der Waals surface area contributed by atoms with Crippen LogP contribution >= 0.6 is 12.2 Å². The fourth-order valence-corrected chi connectivity index (χ4v) is 4.01. The SMILES string of the molecule is COC(=O)C1=C(C)N(c2cc(C)ccc2C)C(=S)NC1c1ccc(OC)cc1OC. The Kier molecular flexibility index (Phi) is 6.31. The van der Waals surface area contributed by atoms with Crippen molar-refractivity contribution in [2.45, 2.75) is 26.8 Å². The zero-order chi connectivity index (χ0) is 22.0. The number of nitrogens with zero attached hydrogens (tertiary/aromatic N) is 1. The normalized spacial score (nSPS) is 16.3. The summed E-state index contributed by atoms with van der Waals surface area (Å²) in [6.45, 7) is 5.92. The molecule has 0 saturated carbocycles. The van der Waals surface area contributed by atoms with Crippen LogP contribution in [0.4, 0.5) is 5.69 Å². The lowest BCUT2D eigenvalue weighted by Crippen LogP contribution is -2.48. The third-order valence-electron chi connectivity index (χ3n) is 5.25. The van der Waals surface area contributed by atoms with Gasteiger partial charge in [-0.2, -0.15) is 0 Å². The lowest BCUT2D eigenvalue weighted by atomic mass is 9.93. The Balaban J connectivity index is 2.20. The molecule has 158 valence electrons. The van der Waals surface area contributed by atoms with Gasteiger partial charge in [-0.1, -0.05) is 12.1 Å². The largest absolute Gasteiger partial charge is 0.497 e. The third kappa shape index (κ3) is 3.85. The number of ether oxygens (including phenoxy) is 3. The zero-order valence-electron chi connectivity index (χ0n) is 18.0. The van der Waals surface area contributed by atoms with Crippen LogP contribution in [-0.2, 0) is 9.53 Å². The first kappa shape index (κ1) is 21.6. The summed E-state index contributed by atoms with van der Waals surface area (Å²) in [5.74, 6) is 0.816. The topological polar surface area (TPSA) is 60.0 Å². The van der Waals surface area contributed by atoms with E-state index in [0.29, 0.717) is 27.9 Å². The van der Waals surface area contributed by atoms with Crippen molar-refractivity contribution < 1.29 is 19.0 Å². The summed E-state index contributed by atoms with van der Waals surface area (Å²) in [6, 6.07) is 11.1. The van der Waals surface area contributed by atoms with Gasteiger partial charge in [0, 0.05) is 17.3 Å². The molecule has 2 aromatic carbocycles. The van der Waals surface area contributed by atoms with Gasteiger partial charge in [0.25, 0.3) is 0 Å². The van der Waals surface area contributed by atoms with Gasteiger partial charge in [0.05, 0.1) is 38.6 Å². The van der Waals surface area contributed by atoms with E-state index in [9.17, 15) is 4.79 Å². The fourth-order valence-electron chi connectivity index (χ4n) is 3.66. The van der Waals surface area contributed by atoms with Crippen LogP contribution in [0.5, 0.6) is 11.5 Å². The predicted octanol–water partition coefficient (Wildman–Crippen LogP) is 4.20. The number of rotatable bonds is 5. The summed E-state index contributed by atoms with van der Waals surface area (Å²) in [4.78, 5) is 14.7. The van der Waals surface area contributed by atoms with Gasteiger partial charge in [-0.15, -0.1) is 0 Å². The molecule has 1 heterocycles. The molecule has 1 N–H and O–H groups in total. The number of carbonyl (C=O) groups is 1. The molecule has 0 aliphatic carbocycles. The molecule has 1 aliphatic rings. The summed E-state index contributed by atoms with van der Waals surface area (Å²) in [7, 11) is 4.55. The Morgan fingerprint density at radius 3 is 2.40 bits per heavy atom. The number of allylic oxidation sites excluding steroid dienone is 1. The Hall–Kier alpha value is -3.06. The molecule has 0 radical (unpaired) electrons. The van der Waals surface area contributed by atoms with Gasteiger partial charge in [0.2, 0.25) is 0 Å². The number of hydrogen-bond acceptors (Lipinski definition) is 5. The number of nitrogens with one attached hydrogen (secondary N) is 1. The molecule has 0 bridgehead atoms. The first-order valence-electron chi connectivity index (χ1n) is 9.51. The van der Waals surface area contributed by atoms with Crippen molar-refractivity contribution in [1.82, 2.24) is 5.32 Å². The Labute approximate surface area is 182 Å². The second-order valence-corrected chi connectivity index (χ2v) is 7.49. The van der Waals surface area contributed by atoms with Crippen LogP contribution in [-0.4, -0.2) is 32.4 Å². The molecule has 30 heavy (non-hydrogen) atoms. The monoisotopic (exact) mass is 426 g/mol. The number of methoxy groups -OCH3 is 3. The van der Waals surface area contributed by atoms with Gasteiger partial charge in [-0.05, 0) is 62.3 Å². The number of hydrogen-bond donors (Lipinski definition) is 1. The third-order valence-corrected chi connectivity index (χ3v) is 5.55. The van der Waals surface area contributed by atoms with Crippen molar-refractivity contribution >= 4 is 29.0 Å². The molecule has 0 saturated heterocycles. The van der Waals surface area contributed by atoms with E-state index in [0.717, 1.165) is 22.4 Å². The molecule has 1 atom stereocenters. The van der Waals surface area contributed by atoms with Crippen molar-refractivity contribution in [2.24, 2.45) is 0 Å². The molecular formula is C23H26N2O4S. The van der Waals surface area contributed by atoms with Gasteiger partial charge in [0.15, 0.2) is 5.11 Å². The van der Waals surface area contributed by atoms with E-state index in [1.165, 1.54) is 7.11 Å². The molecule has 0 amide bonds. The first-order chi connectivity index (χ1) is 14.3. The number of carbonyl (C=O) groups excluding carboxylic acids is 1. The number of anilines is 1. The highest BCUT2D eigenvalue weighted by molar-refractivity contribution is 7.80. The second kappa shape index (κ2) is 8.75. The van der Waals surface area contributed by atoms with Crippen molar-refractivity contribution in [3.05, 3.63) is 64.4 Å². The summed E-state index contributed by atoms with van der Waals surface area (Å²) >= 11 is 5.73. The standard InChI is InChI=1S/C23H26N2O4S/c1-13-7-8-14(2)18(11-13)25-15(3)20(22(26)29-6)21(24-23(25)30)17-10-9-16(27-4)12-19(17)28-5/h7-12,21H,1-6H3,(H,24,30). The van der Waals surface area contributed by atoms with E-state index < -0.39 is 12.0 Å². The molecule has 7 heteroatoms. The van der Waals surface area contributed by atoms with E-state index in [-0.39, 0.29) is 0 Å². The Morgan fingerprint density at radius 2 is 1.77 bits per heavy atom. The van der Waals surface area contributed by atoms with Crippen molar-refractivity contribution in [1.29, 1.82) is 0 Å². The lowest BCUT2D eigenvalue weighted by Gasteiger charge is -2.38. The average molecular weight is 427 g/mol. The van der Waals surface area contributed by atoms with E-state index in [2.05, 4.69) is 11.4 Å². The van der Waals surface area contributed by atoms with Gasteiger partial charge >= 0.3 is 5.97 Å². The summed E-state index contributed by atoms with van der Waals surface area (Å²) in [5.41, 5.74) is 5.02. The first-order valence-corrected chi connectivity index (χ1v) is 9.92. The minimum Gasteiger partial charge on any atom is -0.497 e. The highest BCUT2D eigenvalue weighted by Crippen LogP contribution is 2.39. The molecule has 0 spiro atoms. The summed E-state index contributed by atoms with van der Waals surface area (Å²) < 4.78 is 16.0. The van der Waals surface area contributed by atoms with Gasteiger partial charge in [-0.25, -0.2) is 4.79 Å². The molecule has 2 aromatic rings. The van der Waals surface area contributed by atoms with Crippen molar-refractivity contribution in [3.8, 4) is 11.5 Å². The maximum absolute atomic E-state index is 12.9. The van der Waals surface area contributed by atoms with E-state index in [4.69, 9.17) is 26.4 Å². The minimum atomic E-state index is -0.521. The average Bonchev–Trinajstić information content (AvgIpc) is 2.74. The quantitative estimate of drug-likeness (QED) is 0.568. The van der Waals surface area contributed by atoms with Crippen molar-refractivity contribution in [2.75, 3.05) is 26.2 Å². The smallest absolute Gasteiger partial charge is 0.337 e. The molecule has 0 aromatic heterocycles. The maximum Gasteiger partial charge on any atom is 0.337 e. The molecular weight excluding hydrogens is 400 g/mol. The molecule has 1 aliphatic heterocycles. The van der Waals surface area contributed by atoms with Crippen LogP contribution < -0.4 is 19.7 Å². The van der Waals surface area contributed by atoms with E-state index >= 15 is 0 Å². The summed E-state index contributed by atoms with van der Waals surface area (Å²) in [6.07, 6.45) is 0. The van der Waals surface area contributed by atoms with E-state index in [1.807, 2.05) is 49.9 Å². The number of benzene rings is 2. The van der Waals surface area contributed by atoms with Crippen LogP contribution in [0.15, 0.2) is 47.7 Å². The molecule has 0 fully saturated rings. The maximum atomic E-state index is 12.9. The minimum absolute atomic E-state index is 0.430. The van der Waals surface area contributed by atoms with Gasteiger partial charge in [-0.3, -0.25) is 4.90 Å². The van der Waals surface area contributed by atoms with Gasteiger partial charge < -0.3 is 19.5 Å². The van der Waals surface area contributed by atoms with Gasteiger partial charge in [0.1, 0.15) is 11.5 Å². The Bertz CT molecular complexity index is 1030. The van der Waals surface area contributed by atoms with E-state index in [1.54, 1.807) is 20.3 Å². The van der Waals surface area contributed by atoms with Crippen molar-refractivity contribution in [3.63, 3.8) is 0 Å². The van der Waals surface area contributed by atoms with Crippen LogP contribution in [0.1, 0.15) is 29.7 Å². The van der Waals surface area contributed by atoms with Crippen LogP contribution in [0.2, 0.25) is 0 Å². The summed E-state index contributed by atoms with van der Waals surface area (Å²) in [5, 5.41) is 3.81. The number of aryl methyl sites for hydroxylation is 2. The molecule has 6 nitrogen and oxygen atoms in total. The second-order valence-electron chi connectivity index (χ2n) is 7.11. The highest BCUT2D eigenvalue weighted by Gasteiger charge is 2.37. The Morgan fingerprint density at radius 1 is 1.03 bits per heavy atom. The number of thiocarbonyl (C=S) groups is 1. The zero-order valence-corrected chi connectivity index (χ0v) is 18.8. The lowest BCUT2D eigenvalue weighted by molar-refractivity contribution is -0.136. The highest BCUT2D eigenvalue weighted by atomic mass is 32.1. The van der Waals surface area contributed by atoms with Crippen LogP contribution in [0.25, 0.3) is 0 Å². The van der Waals surface area contributed by atoms with Crippen LogP contribution in [0.3, 0.4) is 0 Å². The molecule has 1 unspecified atom stereocenters. The fraction of sp³-hybridized carbons (Fsp3) is 0.304. The number of esters is 1.